The minimum Gasteiger partial charge on any atom is -0.309 e. The van der Waals surface area contributed by atoms with E-state index < -0.39 is 0 Å². The smallest absolute Gasteiger partial charge is 0.0541 e. The highest BCUT2D eigenvalue weighted by atomic mass is 79.9. The van der Waals surface area contributed by atoms with Crippen LogP contribution in [-0.2, 0) is 6.42 Å². The molecule has 0 spiro atoms. The van der Waals surface area contributed by atoms with E-state index in [1.54, 1.807) is 0 Å². The zero-order chi connectivity index (χ0) is 77.4. The molecule has 0 aliphatic heterocycles. The van der Waals surface area contributed by atoms with Crippen molar-refractivity contribution in [2.24, 2.45) is 0 Å². The predicted octanol–water partition coefficient (Wildman–Crippen LogP) is 33.2. The molecule has 1 aliphatic rings. The van der Waals surface area contributed by atoms with Gasteiger partial charge in [-0.25, -0.2) is 0 Å². The zero-order valence-electron chi connectivity index (χ0n) is 63.8. The van der Waals surface area contributed by atoms with Gasteiger partial charge < -0.3 is 4.57 Å². The maximum absolute atomic E-state index is 3.56. The number of benzene rings is 20. The summed E-state index contributed by atoms with van der Waals surface area (Å²) in [7, 11) is 0. The van der Waals surface area contributed by atoms with E-state index in [0.29, 0.717) is 0 Å². The number of rotatable bonds is 9. The molecule has 23 aromatic rings. The van der Waals surface area contributed by atoms with E-state index in [1.165, 1.54) is 217 Å². The summed E-state index contributed by atoms with van der Waals surface area (Å²) in [4.78, 5) is 0. The SMILES string of the molecule is Brc1ccc(-c2ccc3c(-c4ccccc4)c4ccccc4c(-c4ccccc4)c3c2)cc1.c1ccc(-c2c3ccccc3c(-c3ccccc3)c3cc(-c4ccc(-n5c6ccccc6c6cc(-c7cccc8c7sc7ccccc78)ccc65)cc4)ccc23)cc1.c1ccc2c(c1)Cc1ccc(-c3cccc4c3sc3ccccc34)cc1-2. The summed E-state index contributed by atoms with van der Waals surface area (Å²) in [5, 5.41) is 18.1. The number of aromatic nitrogens is 1. The van der Waals surface area contributed by atoms with Gasteiger partial charge in [0.1, 0.15) is 0 Å². The minimum atomic E-state index is 1.05. The van der Waals surface area contributed by atoms with Gasteiger partial charge in [0, 0.05) is 61.3 Å². The molecule has 548 valence electrons. The van der Waals surface area contributed by atoms with Gasteiger partial charge in [-0.3, -0.25) is 0 Å². The van der Waals surface area contributed by atoms with Gasteiger partial charge in [-0.2, -0.15) is 0 Å². The summed E-state index contributed by atoms with van der Waals surface area (Å²) in [6.45, 7) is 0. The van der Waals surface area contributed by atoms with Crippen LogP contribution >= 0.6 is 38.6 Å². The van der Waals surface area contributed by atoms with Crippen molar-refractivity contribution in [3.05, 3.63) is 440 Å². The lowest BCUT2D eigenvalue weighted by Crippen LogP contribution is -1.94. The standard InChI is InChI=1S/C56H35NS.C32H21Br.C25H16S/c1-3-14-37(15-4-1)54-45-20-7-8-21-46(45)55(38-16-5-2-6-17-38)50-34-39(28-32-47(50)54)36-26-30-41(31-27-36)57-51-24-11-9-18-43(51)49-35-40(29-33-52(49)57)42-22-13-23-48-44-19-10-12-25-53(44)58-56(42)48;33-26-18-15-22(16-19-26)25-17-20-29-30(21-25)32(24-11-5-2-6-12-24)28-14-8-7-13-27(28)31(29)23-9-3-1-4-10-23;1-2-7-19-16(6-1)14-17-12-13-18(15-23(17)19)20-9-5-10-22-21-8-3-4-11-24(21)26-25(20)22/h1-35H;1-21H;1-13,15H,14H2. The van der Waals surface area contributed by atoms with Gasteiger partial charge in [0.25, 0.3) is 0 Å². The third kappa shape index (κ3) is 12.3. The minimum absolute atomic E-state index is 1.05. The van der Waals surface area contributed by atoms with Crippen LogP contribution in [-0.4, -0.2) is 4.57 Å². The molecule has 0 saturated carbocycles. The van der Waals surface area contributed by atoms with Crippen LogP contribution in [0.4, 0.5) is 0 Å². The van der Waals surface area contributed by atoms with Crippen LogP contribution < -0.4 is 0 Å². The van der Waals surface area contributed by atoms with Crippen LogP contribution in [0.15, 0.2) is 429 Å². The molecule has 3 aromatic heterocycles. The normalized spacial score (nSPS) is 11.8. The van der Waals surface area contributed by atoms with Crippen molar-refractivity contribution in [1.82, 2.24) is 4.57 Å². The predicted molar refractivity (Wildman–Crippen MR) is 509 cm³/mol. The molecule has 0 amide bonds. The van der Waals surface area contributed by atoms with Crippen molar-refractivity contribution < 1.29 is 0 Å². The molecule has 0 bridgehead atoms. The van der Waals surface area contributed by atoms with Gasteiger partial charge in [0.15, 0.2) is 0 Å². The van der Waals surface area contributed by atoms with E-state index in [1.807, 2.05) is 22.7 Å². The molecule has 0 atom stereocenters. The molecule has 1 aliphatic carbocycles. The van der Waals surface area contributed by atoms with E-state index >= 15 is 0 Å². The van der Waals surface area contributed by atoms with Crippen LogP contribution in [0.2, 0.25) is 0 Å². The van der Waals surface area contributed by atoms with E-state index in [2.05, 4.69) is 445 Å². The van der Waals surface area contributed by atoms with Gasteiger partial charge in [0.05, 0.1) is 11.0 Å². The van der Waals surface area contributed by atoms with E-state index in [9.17, 15) is 0 Å². The van der Waals surface area contributed by atoms with Crippen LogP contribution in [0, 0.1) is 0 Å². The molecule has 0 fully saturated rings. The van der Waals surface area contributed by atoms with Crippen molar-refractivity contribution >= 4 is 144 Å². The Labute approximate surface area is 695 Å². The van der Waals surface area contributed by atoms with Gasteiger partial charge >= 0.3 is 0 Å². The largest absolute Gasteiger partial charge is 0.309 e. The van der Waals surface area contributed by atoms with Crippen LogP contribution in [0.5, 0.6) is 0 Å². The summed E-state index contributed by atoms with van der Waals surface area (Å²) in [5.41, 5.74) is 29.4. The highest BCUT2D eigenvalue weighted by Gasteiger charge is 2.24. The Morgan fingerprint density at radius 2 is 0.538 bits per heavy atom. The lowest BCUT2D eigenvalue weighted by molar-refractivity contribution is 1.18. The third-order valence-electron chi connectivity index (χ3n) is 23.8. The molecular weight excluding hydrogens is 1520 g/mol. The summed E-state index contributed by atoms with van der Waals surface area (Å²) in [6.07, 6.45) is 1.05. The fourth-order valence-electron chi connectivity index (χ4n) is 18.5. The molecule has 4 heteroatoms. The molecule has 20 aromatic carbocycles. The van der Waals surface area contributed by atoms with Gasteiger partial charge in [-0.1, -0.05) is 368 Å². The number of halogens is 1. The lowest BCUT2D eigenvalue weighted by atomic mass is 9.85. The van der Waals surface area contributed by atoms with Crippen molar-refractivity contribution in [2.45, 2.75) is 6.42 Å². The van der Waals surface area contributed by atoms with Crippen molar-refractivity contribution in [2.75, 3.05) is 0 Å². The van der Waals surface area contributed by atoms with Gasteiger partial charge in [-0.15, -0.1) is 22.7 Å². The van der Waals surface area contributed by atoms with E-state index in [-0.39, 0.29) is 0 Å². The highest BCUT2D eigenvalue weighted by molar-refractivity contribution is 9.10. The maximum atomic E-state index is 3.56. The van der Waals surface area contributed by atoms with E-state index in [4.69, 9.17) is 0 Å². The zero-order valence-corrected chi connectivity index (χ0v) is 67.0. The molecule has 0 unspecified atom stereocenters. The molecule has 0 radical (unpaired) electrons. The summed E-state index contributed by atoms with van der Waals surface area (Å²) in [5.74, 6) is 0. The Morgan fingerprint density at radius 1 is 0.197 bits per heavy atom. The van der Waals surface area contributed by atoms with Crippen LogP contribution in [0.1, 0.15) is 11.1 Å². The number of nitrogens with zero attached hydrogens (tertiary/aromatic N) is 1. The second-order valence-corrected chi connectivity index (χ2v) is 33.5. The van der Waals surface area contributed by atoms with Crippen molar-refractivity contribution in [3.63, 3.8) is 0 Å². The first-order valence-electron chi connectivity index (χ1n) is 40.1. The van der Waals surface area contributed by atoms with Gasteiger partial charge in [-0.05, 0) is 234 Å². The van der Waals surface area contributed by atoms with Gasteiger partial charge in [0.2, 0.25) is 0 Å². The first kappa shape index (κ1) is 69.8. The number of thiophene rings is 2. The molecule has 0 saturated heterocycles. The second-order valence-electron chi connectivity index (χ2n) is 30.5. The Balaban J connectivity index is 0.000000118. The van der Waals surface area contributed by atoms with Crippen LogP contribution in [0.25, 0.3) is 211 Å². The maximum Gasteiger partial charge on any atom is 0.0541 e. The number of para-hydroxylation sites is 1. The van der Waals surface area contributed by atoms with Crippen LogP contribution in [0.3, 0.4) is 0 Å². The Bertz CT molecular complexity index is 7810. The topological polar surface area (TPSA) is 4.93 Å². The number of hydrogen-bond acceptors (Lipinski definition) is 2. The third-order valence-corrected chi connectivity index (χ3v) is 26.8. The summed E-state index contributed by atoms with van der Waals surface area (Å²) >= 11 is 7.35. The molecular formula is C113H72BrNS2. The lowest BCUT2D eigenvalue weighted by Gasteiger charge is -2.19. The fraction of sp³-hybridized carbons (Fsp3) is 0.00885. The van der Waals surface area contributed by atoms with Crippen molar-refractivity contribution in [1.29, 1.82) is 0 Å². The summed E-state index contributed by atoms with van der Waals surface area (Å²) < 4.78 is 8.94. The monoisotopic (exact) mass is 1590 g/mol. The molecule has 0 N–H and O–H groups in total. The first-order valence-corrected chi connectivity index (χ1v) is 42.5. The fourth-order valence-corrected chi connectivity index (χ4v) is 21.2. The number of fused-ring (bicyclic) bond motifs is 16. The Morgan fingerprint density at radius 3 is 1.04 bits per heavy atom. The Hall–Kier alpha value is -13.8. The highest BCUT2D eigenvalue weighted by Crippen LogP contribution is 2.50. The number of hydrogen-bond donors (Lipinski definition) is 0. The molecule has 24 rings (SSSR count). The Kier molecular flexibility index (Phi) is 17.6. The molecule has 117 heavy (non-hydrogen) atoms. The van der Waals surface area contributed by atoms with E-state index in [0.717, 1.165) is 16.6 Å². The quantitative estimate of drug-likeness (QED) is 0.127. The second kappa shape index (κ2) is 29.5. The first-order chi connectivity index (χ1) is 58.0. The molecule has 1 nitrogen and oxygen atoms in total. The molecule has 3 heterocycles. The average Bonchev–Trinajstić information content (AvgIpc) is 1.25. The van der Waals surface area contributed by atoms with Crippen molar-refractivity contribution in [3.8, 4) is 106 Å². The average molecular weight is 1590 g/mol. The summed E-state index contributed by atoms with van der Waals surface area (Å²) in [6, 6.07) is 155.